The number of hydrogen-bond donors (Lipinski definition) is 0. The summed E-state index contributed by atoms with van der Waals surface area (Å²) in [4.78, 5) is 0. The molecule has 13 heavy (non-hydrogen) atoms. The minimum absolute atomic E-state index is 3.30. The van der Waals surface area contributed by atoms with E-state index in [1.54, 1.807) is 0 Å². The number of hydrogen-bond acceptors (Lipinski definition) is 1. The number of ether oxygens (including phenoxy) is 1. The van der Waals surface area contributed by atoms with Crippen molar-refractivity contribution in [2.24, 2.45) is 0 Å². The van der Waals surface area contributed by atoms with Crippen molar-refractivity contribution in [1.82, 2.24) is 0 Å². The Balaban J connectivity index is 2.95. The second-order valence-electron chi connectivity index (χ2n) is 2.29. The Hall–Kier alpha value is 0.120. The van der Waals surface area contributed by atoms with Crippen LogP contribution in [0.25, 0.3) is 0 Å². The fraction of sp³-hybridized carbons (Fsp3) is 1.00. The molecule has 1 heterocycles. The minimum Gasteiger partial charge on any atom is -0.313 e. The monoisotopic (exact) mass is 248 g/mol. The van der Waals surface area contributed by atoms with Crippen LogP contribution < -0.4 is 0 Å². The molecule has 0 aliphatic carbocycles. The van der Waals surface area contributed by atoms with Crippen LogP contribution in [0.2, 0.25) is 0 Å². The zero-order valence-electron chi connectivity index (χ0n) is 5.43. The second kappa shape index (κ2) is 2.38. The van der Waals surface area contributed by atoms with Gasteiger partial charge in [-0.15, -0.1) is 0 Å². The van der Waals surface area contributed by atoms with Gasteiger partial charge < -0.3 is 4.74 Å². The first-order valence-corrected chi connectivity index (χ1v) is 3.43. The van der Waals surface area contributed by atoms with Crippen molar-refractivity contribution in [3.63, 3.8) is 0 Å². The predicted molar refractivity (Wildman–Crippen MR) is 30.4 cm³/mol. The molecule has 1 fully saturated rings. The maximum atomic E-state index is 11.8. The van der Waals surface area contributed by atoms with Gasteiger partial charge in [0.2, 0.25) is 0 Å². The Morgan fingerprint density at radius 2 is 1.00 bits per heavy atom. The van der Waals surface area contributed by atoms with Crippen molar-refractivity contribution >= 4 is 23.2 Å². The van der Waals surface area contributed by atoms with Crippen LogP contribution in [0.5, 0.6) is 0 Å². The summed E-state index contributed by atoms with van der Waals surface area (Å²) in [5.74, 6) is 0. The van der Waals surface area contributed by atoms with Crippen LogP contribution in [0.15, 0.2) is 0 Å². The lowest BCUT2D eigenvalue weighted by molar-refractivity contribution is -0.176. The molecule has 0 amide bonds. The van der Waals surface area contributed by atoms with Crippen molar-refractivity contribution in [3.05, 3.63) is 0 Å². The third-order valence-corrected chi connectivity index (χ3v) is 2.59. The number of halogens is 8. The molecule has 1 aliphatic rings. The van der Waals surface area contributed by atoms with Crippen LogP contribution in [-0.2, 0) is 4.74 Å². The molecule has 2 unspecified atom stereocenters. The Labute approximate surface area is 77.5 Å². The van der Waals surface area contributed by atoms with Gasteiger partial charge in [0.15, 0.2) is 0 Å². The summed E-state index contributed by atoms with van der Waals surface area (Å²) in [6.45, 7) is 0. The van der Waals surface area contributed by atoms with E-state index < -0.39 is 22.5 Å². The highest BCUT2D eigenvalue weighted by Gasteiger charge is 2.92. The lowest BCUT2D eigenvalue weighted by atomic mass is 10.3. The molecule has 0 N–H and O–H groups in total. The Kier molecular flexibility index (Phi) is 2.05. The molecular weight excluding hydrogens is 249 g/mol. The molecule has 1 rings (SSSR count). The summed E-state index contributed by atoms with van der Waals surface area (Å²) in [5, 5.41) is -7.72. The maximum Gasteiger partial charge on any atom is 0.436 e. The van der Waals surface area contributed by atoms with Gasteiger partial charge in [-0.3, -0.25) is 0 Å². The highest BCUT2D eigenvalue weighted by molar-refractivity contribution is 6.37. The van der Waals surface area contributed by atoms with E-state index >= 15 is 0 Å². The summed E-state index contributed by atoms with van der Waals surface area (Å²) < 4.78 is 74.2. The molecule has 9 heteroatoms. The minimum atomic E-state index is -5.37. The molecule has 0 aromatic rings. The van der Waals surface area contributed by atoms with Crippen LogP contribution in [0.4, 0.5) is 26.3 Å². The van der Waals surface area contributed by atoms with Crippen molar-refractivity contribution < 1.29 is 31.1 Å². The molecule has 0 spiro atoms. The fourth-order valence-electron chi connectivity index (χ4n) is 0.649. The van der Waals surface area contributed by atoms with Gasteiger partial charge in [-0.1, -0.05) is 23.2 Å². The Bertz CT molecular complexity index is 212. The van der Waals surface area contributed by atoms with E-state index in [9.17, 15) is 26.3 Å². The van der Waals surface area contributed by atoms with E-state index in [1.807, 2.05) is 0 Å². The van der Waals surface area contributed by atoms with Gasteiger partial charge in [-0.2, -0.15) is 26.3 Å². The molecule has 78 valence electrons. The molecular formula is C4Cl2F6O. The standard InChI is InChI=1S/C4Cl2F6O/c5-1(3(7,8)9)2(6,13-1)4(10,11)12. The van der Waals surface area contributed by atoms with E-state index in [0.717, 1.165) is 0 Å². The molecule has 1 nitrogen and oxygen atoms in total. The molecule has 0 bridgehead atoms. The maximum absolute atomic E-state index is 11.8. The lowest BCUT2D eigenvalue weighted by Gasteiger charge is -2.14. The van der Waals surface area contributed by atoms with Crippen molar-refractivity contribution in [2.45, 2.75) is 22.5 Å². The number of alkyl halides is 8. The summed E-state index contributed by atoms with van der Waals surface area (Å²) in [7, 11) is 0. The van der Waals surface area contributed by atoms with Crippen LogP contribution in [0, 0.1) is 0 Å². The highest BCUT2D eigenvalue weighted by Crippen LogP contribution is 2.68. The van der Waals surface area contributed by atoms with Crippen LogP contribution in [0.3, 0.4) is 0 Å². The van der Waals surface area contributed by atoms with E-state index in [1.165, 1.54) is 0 Å². The zero-order chi connectivity index (χ0) is 10.7. The van der Waals surface area contributed by atoms with Gasteiger partial charge >= 0.3 is 12.4 Å². The third kappa shape index (κ3) is 1.28. The quantitative estimate of drug-likeness (QED) is 0.365. The van der Waals surface area contributed by atoms with Gasteiger partial charge in [0, 0.05) is 0 Å². The molecule has 1 saturated heterocycles. The van der Waals surface area contributed by atoms with Crippen LogP contribution in [0.1, 0.15) is 0 Å². The van der Waals surface area contributed by atoms with Crippen molar-refractivity contribution in [3.8, 4) is 0 Å². The lowest BCUT2D eigenvalue weighted by Crippen LogP contribution is -2.40. The highest BCUT2D eigenvalue weighted by atomic mass is 35.5. The van der Waals surface area contributed by atoms with Crippen LogP contribution >= 0.6 is 23.2 Å². The van der Waals surface area contributed by atoms with Gasteiger partial charge in [0.1, 0.15) is 0 Å². The smallest absolute Gasteiger partial charge is 0.313 e. The Morgan fingerprint density at radius 3 is 1.08 bits per heavy atom. The van der Waals surface area contributed by atoms with E-state index in [2.05, 4.69) is 27.9 Å². The third-order valence-electron chi connectivity index (χ3n) is 1.38. The van der Waals surface area contributed by atoms with Gasteiger partial charge in [0.25, 0.3) is 10.1 Å². The average Bonchev–Trinajstić information content (AvgIpc) is 2.34. The molecule has 0 saturated carbocycles. The van der Waals surface area contributed by atoms with Crippen molar-refractivity contribution in [2.75, 3.05) is 0 Å². The van der Waals surface area contributed by atoms with Crippen molar-refractivity contribution in [1.29, 1.82) is 0 Å². The number of rotatable bonds is 0. The molecule has 0 radical (unpaired) electrons. The topological polar surface area (TPSA) is 12.5 Å². The fourth-order valence-corrected chi connectivity index (χ4v) is 1.13. The second-order valence-corrected chi connectivity index (χ2v) is 3.35. The Morgan fingerprint density at radius 1 is 0.769 bits per heavy atom. The summed E-state index contributed by atoms with van der Waals surface area (Å²) in [5.41, 5.74) is 0. The normalized spacial score (nSPS) is 40.6. The number of epoxide rings is 1. The first-order valence-electron chi connectivity index (χ1n) is 2.67. The summed E-state index contributed by atoms with van der Waals surface area (Å²) >= 11 is 9.03. The largest absolute Gasteiger partial charge is 0.436 e. The van der Waals surface area contributed by atoms with E-state index in [4.69, 9.17) is 0 Å². The SMILES string of the molecule is FC(F)(F)C1(Cl)OC1(Cl)C(F)(F)F. The van der Waals surface area contributed by atoms with Gasteiger partial charge in [-0.25, -0.2) is 0 Å². The molecule has 1 aliphatic heterocycles. The van der Waals surface area contributed by atoms with E-state index in [0.29, 0.717) is 0 Å². The van der Waals surface area contributed by atoms with Gasteiger partial charge in [-0.05, 0) is 0 Å². The molecule has 0 aromatic carbocycles. The summed E-state index contributed by atoms with van der Waals surface area (Å²) in [6.07, 6.45) is -10.7. The van der Waals surface area contributed by atoms with E-state index in [-0.39, 0.29) is 0 Å². The average molecular weight is 249 g/mol. The summed E-state index contributed by atoms with van der Waals surface area (Å²) in [6, 6.07) is 0. The van der Waals surface area contributed by atoms with Gasteiger partial charge in [0.05, 0.1) is 0 Å². The zero-order valence-corrected chi connectivity index (χ0v) is 6.94. The molecule has 0 aromatic heterocycles. The predicted octanol–water partition coefficient (Wildman–Crippen LogP) is 3.01. The first-order chi connectivity index (χ1) is 5.46. The first kappa shape index (κ1) is 11.2. The molecule has 2 atom stereocenters. The van der Waals surface area contributed by atoms with Crippen LogP contribution in [-0.4, -0.2) is 22.5 Å².